The smallest absolute Gasteiger partial charge is 0.318 e. The quantitative estimate of drug-likeness (QED) is 0.104. The molecule has 3 aromatic carbocycles. The van der Waals surface area contributed by atoms with Gasteiger partial charge in [0, 0.05) is 23.5 Å². The second kappa shape index (κ2) is 12.5. The largest absolute Gasteiger partial charge is 0.331 e. The van der Waals surface area contributed by atoms with Crippen LogP contribution >= 0.6 is 0 Å². The van der Waals surface area contributed by atoms with E-state index in [0.717, 1.165) is 72.4 Å². The standard InChI is InChI=1S/C37H43NO3/c1-5-21-37(22-6-2)33-23-28(35(38-41-26(4)39)20-15-27-12-8-9-13-27)16-18-31(33)32-19-17-29(24-34(32)37)36(40)30-14-10-7-11-25(30)3/h7,10-11,14,16-19,23-24,27H,5-6,8-9,12-13,15,20-22H2,1-4H3/b38-35-. The SMILES string of the molecule is CCCC1(CCC)c2cc(C(=O)c3ccccc3C)ccc2-c2ccc(/C(CCC3CCCC3)=N\OC(C)=O)cc21. The van der Waals surface area contributed by atoms with Gasteiger partial charge in [-0.2, -0.15) is 0 Å². The minimum absolute atomic E-state index is 0.0761. The van der Waals surface area contributed by atoms with Crippen molar-refractivity contribution < 1.29 is 14.4 Å². The van der Waals surface area contributed by atoms with Crippen LogP contribution in [0.3, 0.4) is 0 Å². The van der Waals surface area contributed by atoms with Crippen molar-refractivity contribution in [1.82, 2.24) is 0 Å². The summed E-state index contributed by atoms with van der Waals surface area (Å²) in [6, 6.07) is 20.8. The van der Waals surface area contributed by atoms with Crippen molar-refractivity contribution in [3.05, 3.63) is 94.0 Å². The first-order valence-corrected chi connectivity index (χ1v) is 15.5. The predicted octanol–water partition coefficient (Wildman–Crippen LogP) is 9.33. The third-order valence-corrected chi connectivity index (χ3v) is 9.25. The van der Waals surface area contributed by atoms with Gasteiger partial charge in [-0.25, -0.2) is 4.79 Å². The van der Waals surface area contributed by atoms with E-state index in [-0.39, 0.29) is 11.2 Å². The van der Waals surface area contributed by atoms with Gasteiger partial charge in [0.1, 0.15) is 0 Å². The molecule has 5 rings (SSSR count). The van der Waals surface area contributed by atoms with E-state index in [2.05, 4.69) is 49.3 Å². The van der Waals surface area contributed by atoms with Crippen LogP contribution in [0.1, 0.15) is 123 Å². The van der Waals surface area contributed by atoms with Crippen LogP contribution < -0.4 is 0 Å². The first kappa shape index (κ1) is 29.0. The fourth-order valence-electron chi connectivity index (χ4n) is 7.32. The van der Waals surface area contributed by atoms with Crippen molar-refractivity contribution in [1.29, 1.82) is 0 Å². The van der Waals surface area contributed by atoms with Crippen molar-refractivity contribution >= 4 is 17.5 Å². The van der Waals surface area contributed by atoms with Crippen LogP contribution in [-0.4, -0.2) is 17.5 Å². The van der Waals surface area contributed by atoms with Gasteiger partial charge in [-0.15, -0.1) is 0 Å². The second-order valence-corrected chi connectivity index (χ2v) is 12.1. The molecule has 4 nitrogen and oxygen atoms in total. The van der Waals surface area contributed by atoms with Crippen LogP contribution in [0.5, 0.6) is 0 Å². The van der Waals surface area contributed by atoms with E-state index in [1.54, 1.807) is 0 Å². The van der Waals surface area contributed by atoms with Crippen LogP contribution in [0.2, 0.25) is 0 Å². The molecular formula is C37H43NO3. The minimum Gasteiger partial charge on any atom is -0.318 e. The third-order valence-electron chi connectivity index (χ3n) is 9.25. The number of hydrogen-bond donors (Lipinski definition) is 0. The lowest BCUT2D eigenvalue weighted by molar-refractivity contribution is -0.140. The van der Waals surface area contributed by atoms with Gasteiger partial charge in [-0.3, -0.25) is 4.79 Å². The molecule has 2 aliphatic carbocycles. The Hall–Kier alpha value is -3.53. The molecule has 0 spiro atoms. The number of carbonyl (C=O) groups is 2. The summed E-state index contributed by atoms with van der Waals surface area (Å²) in [6.07, 6.45) is 11.1. The highest BCUT2D eigenvalue weighted by molar-refractivity contribution is 6.10. The predicted molar refractivity (Wildman–Crippen MR) is 167 cm³/mol. The Balaban J connectivity index is 1.58. The number of hydrogen-bond acceptors (Lipinski definition) is 4. The Kier molecular flexibility index (Phi) is 8.87. The topological polar surface area (TPSA) is 55.7 Å². The third kappa shape index (κ3) is 5.80. The maximum atomic E-state index is 13.7. The summed E-state index contributed by atoms with van der Waals surface area (Å²) in [4.78, 5) is 30.6. The van der Waals surface area contributed by atoms with E-state index in [1.807, 2.05) is 37.3 Å². The van der Waals surface area contributed by atoms with E-state index in [9.17, 15) is 9.59 Å². The maximum Gasteiger partial charge on any atom is 0.331 e. The molecule has 0 radical (unpaired) electrons. The van der Waals surface area contributed by atoms with E-state index in [1.165, 1.54) is 54.9 Å². The Bertz CT molecular complexity index is 1450. The Morgan fingerprint density at radius 1 is 0.878 bits per heavy atom. The fourth-order valence-corrected chi connectivity index (χ4v) is 7.32. The Labute approximate surface area is 245 Å². The zero-order chi connectivity index (χ0) is 29.0. The lowest BCUT2D eigenvalue weighted by Gasteiger charge is -2.32. The highest BCUT2D eigenvalue weighted by Gasteiger charge is 2.42. The van der Waals surface area contributed by atoms with Gasteiger partial charge in [0.2, 0.25) is 0 Å². The summed E-state index contributed by atoms with van der Waals surface area (Å²) in [7, 11) is 0. The number of ketones is 1. The molecule has 4 heteroatoms. The van der Waals surface area contributed by atoms with Crippen molar-refractivity contribution in [3.63, 3.8) is 0 Å². The number of fused-ring (bicyclic) bond motifs is 3. The number of carbonyl (C=O) groups excluding carboxylic acids is 2. The lowest BCUT2D eigenvalue weighted by Crippen LogP contribution is -2.25. The Morgan fingerprint density at radius 3 is 2.10 bits per heavy atom. The van der Waals surface area contributed by atoms with Gasteiger partial charge in [-0.05, 0) is 84.0 Å². The van der Waals surface area contributed by atoms with Crippen molar-refractivity contribution in [2.45, 2.75) is 97.3 Å². The molecule has 1 saturated carbocycles. The molecule has 3 aromatic rings. The highest BCUT2D eigenvalue weighted by Crippen LogP contribution is 2.54. The van der Waals surface area contributed by atoms with Crippen molar-refractivity contribution in [2.75, 3.05) is 0 Å². The van der Waals surface area contributed by atoms with Crippen LogP contribution in [-0.2, 0) is 15.0 Å². The Morgan fingerprint density at radius 2 is 1.49 bits per heavy atom. The van der Waals surface area contributed by atoms with Gasteiger partial charge >= 0.3 is 5.97 Å². The van der Waals surface area contributed by atoms with E-state index in [4.69, 9.17) is 4.84 Å². The number of nitrogens with zero attached hydrogens (tertiary/aromatic N) is 1. The summed E-state index contributed by atoms with van der Waals surface area (Å²) in [5, 5.41) is 4.37. The van der Waals surface area contributed by atoms with E-state index < -0.39 is 5.97 Å². The van der Waals surface area contributed by atoms with E-state index >= 15 is 0 Å². The van der Waals surface area contributed by atoms with Gasteiger partial charge in [0.25, 0.3) is 0 Å². The number of oxime groups is 1. The van der Waals surface area contributed by atoms with Crippen molar-refractivity contribution in [3.8, 4) is 11.1 Å². The lowest BCUT2D eigenvalue weighted by atomic mass is 9.71. The molecule has 0 N–H and O–H groups in total. The van der Waals surface area contributed by atoms with Crippen LogP contribution in [0.4, 0.5) is 0 Å². The molecule has 0 aromatic heterocycles. The normalized spacial score (nSPS) is 16.0. The molecule has 1 fully saturated rings. The molecule has 41 heavy (non-hydrogen) atoms. The summed E-state index contributed by atoms with van der Waals surface area (Å²) in [5.74, 6) is 0.404. The van der Waals surface area contributed by atoms with Crippen LogP contribution in [0.15, 0.2) is 65.8 Å². The molecule has 214 valence electrons. The zero-order valence-corrected chi connectivity index (χ0v) is 25.1. The average Bonchev–Trinajstić information content (AvgIpc) is 3.58. The fraction of sp³-hybridized carbons (Fsp3) is 0.432. The molecule has 0 atom stereocenters. The maximum absolute atomic E-state index is 13.7. The molecule has 0 aliphatic heterocycles. The first-order chi connectivity index (χ1) is 19.9. The molecule has 2 aliphatic rings. The molecule has 0 unspecified atom stereocenters. The molecule has 0 heterocycles. The molecule has 0 amide bonds. The minimum atomic E-state index is -0.394. The summed E-state index contributed by atoms with van der Waals surface area (Å²) in [5.41, 5.74) is 9.24. The van der Waals surface area contributed by atoms with Crippen LogP contribution in [0.25, 0.3) is 11.1 Å². The molecule has 0 saturated heterocycles. The van der Waals surface area contributed by atoms with Gasteiger partial charge in [0.15, 0.2) is 5.78 Å². The molecule has 0 bridgehead atoms. The average molecular weight is 550 g/mol. The summed E-state index contributed by atoms with van der Waals surface area (Å²) in [6.45, 7) is 7.89. The van der Waals surface area contributed by atoms with Gasteiger partial charge in [-0.1, -0.05) is 106 Å². The number of aryl methyl sites for hydroxylation is 1. The number of benzene rings is 3. The summed E-state index contributed by atoms with van der Waals surface area (Å²) >= 11 is 0. The van der Waals surface area contributed by atoms with Crippen LogP contribution in [0, 0.1) is 12.8 Å². The molecular weight excluding hydrogens is 506 g/mol. The second-order valence-electron chi connectivity index (χ2n) is 12.1. The first-order valence-electron chi connectivity index (χ1n) is 15.5. The highest BCUT2D eigenvalue weighted by atomic mass is 16.7. The number of rotatable bonds is 11. The zero-order valence-electron chi connectivity index (χ0n) is 25.1. The monoisotopic (exact) mass is 549 g/mol. The van der Waals surface area contributed by atoms with Gasteiger partial charge < -0.3 is 4.84 Å². The van der Waals surface area contributed by atoms with Gasteiger partial charge in [0.05, 0.1) is 5.71 Å². The summed E-state index contributed by atoms with van der Waals surface area (Å²) < 4.78 is 0. The van der Waals surface area contributed by atoms with Crippen molar-refractivity contribution in [2.24, 2.45) is 11.1 Å². The van der Waals surface area contributed by atoms with E-state index in [0.29, 0.717) is 0 Å².